The summed E-state index contributed by atoms with van der Waals surface area (Å²) in [6.45, 7) is 3.67. The van der Waals surface area contributed by atoms with Gasteiger partial charge in [-0.25, -0.2) is 0 Å². The summed E-state index contributed by atoms with van der Waals surface area (Å²) in [7, 11) is -4.29. The van der Waals surface area contributed by atoms with Crippen molar-refractivity contribution < 1.29 is 19.1 Å². The molecule has 0 fully saturated rings. The van der Waals surface area contributed by atoms with Crippen LogP contribution in [0.4, 0.5) is 0 Å². The van der Waals surface area contributed by atoms with E-state index in [4.69, 9.17) is 0 Å². The number of hydrogen-bond acceptors (Lipinski definition) is 3. The Morgan fingerprint density at radius 3 is 2.30 bits per heavy atom. The minimum Gasteiger partial charge on any atom is -0.323 e. The highest BCUT2D eigenvalue weighted by molar-refractivity contribution is 7.52. The normalized spacial score (nSPS) is 15.1. The zero-order chi connectivity index (χ0) is 15.2. The van der Waals surface area contributed by atoms with E-state index in [1.165, 1.54) is 0 Å². The molecule has 0 saturated heterocycles. The van der Waals surface area contributed by atoms with Crippen molar-refractivity contribution in [3.8, 4) is 0 Å². The van der Waals surface area contributed by atoms with Crippen LogP contribution in [-0.2, 0) is 15.8 Å². The largest absolute Gasteiger partial charge is 0.342 e. The van der Waals surface area contributed by atoms with Crippen LogP contribution in [0, 0.1) is 5.92 Å². The molecule has 2 atom stereocenters. The summed E-state index contributed by atoms with van der Waals surface area (Å²) in [6.07, 6.45) is 1.54. The highest BCUT2D eigenvalue weighted by Crippen LogP contribution is 2.42. The van der Waals surface area contributed by atoms with Crippen LogP contribution in [-0.4, -0.2) is 27.9 Å². The highest BCUT2D eigenvalue weighted by atomic mass is 31.2. The van der Waals surface area contributed by atoms with E-state index in [0.29, 0.717) is 12.7 Å². The van der Waals surface area contributed by atoms with Crippen LogP contribution in [0.1, 0.15) is 25.8 Å². The molecule has 0 aromatic heterocycles. The van der Waals surface area contributed by atoms with Gasteiger partial charge >= 0.3 is 7.60 Å². The molecule has 0 aliphatic heterocycles. The van der Waals surface area contributed by atoms with Gasteiger partial charge in [-0.3, -0.25) is 9.88 Å². The Hall–Kier alpha value is -1.00. The number of aldehydes is 1. The second-order valence-corrected chi connectivity index (χ2v) is 7.00. The van der Waals surface area contributed by atoms with Crippen molar-refractivity contribution in [3.63, 3.8) is 0 Å². The van der Waals surface area contributed by atoms with Crippen molar-refractivity contribution in [1.82, 2.24) is 5.32 Å². The van der Waals surface area contributed by atoms with Crippen molar-refractivity contribution in [3.05, 3.63) is 35.9 Å². The van der Waals surface area contributed by atoms with Crippen molar-refractivity contribution in [2.45, 2.75) is 38.5 Å². The molecule has 1 unspecified atom stereocenters. The van der Waals surface area contributed by atoms with Crippen LogP contribution in [0.15, 0.2) is 30.3 Å². The Bertz CT molecular complexity index is 458. The standard InChI is InChI=1S/C14H22NO4P/c1-11(2)13(10-16)15-14(20(17,18)19)9-8-12-6-4-3-5-7-12/h3-7,10-11,13-15H,8-9H2,1-2H3,(H2,17,18,19)/t13-,14?/m1/s1. The predicted octanol–water partition coefficient (Wildman–Crippen LogP) is 1.94. The van der Waals surface area contributed by atoms with Crippen molar-refractivity contribution >= 4 is 13.9 Å². The number of aryl methyl sites for hydroxylation is 1. The van der Waals surface area contributed by atoms with Crippen LogP contribution in [0.2, 0.25) is 0 Å². The maximum Gasteiger partial charge on any atom is 0.342 e. The number of rotatable bonds is 8. The lowest BCUT2D eigenvalue weighted by Crippen LogP contribution is -2.42. The third-order valence-corrected chi connectivity index (χ3v) is 4.42. The first-order chi connectivity index (χ1) is 9.34. The number of nitrogens with one attached hydrogen (secondary N) is 1. The van der Waals surface area contributed by atoms with Gasteiger partial charge in [0.1, 0.15) is 12.1 Å². The van der Waals surface area contributed by atoms with E-state index < -0.39 is 19.4 Å². The van der Waals surface area contributed by atoms with E-state index in [-0.39, 0.29) is 12.3 Å². The molecule has 0 bridgehead atoms. The van der Waals surface area contributed by atoms with Crippen LogP contribution in [0.3, 0.4) is 0 Å². The Morgan fingerprint density at radius 1 is 1.25 bits per heavy atom. The lowest BCUT2D eigenvalue weighted by atomic mass is 10.1. The SMILES string of the molecule is CC(C)[C@@H](C=O)NC(CCc1ccccc1)P(=O)(O)O. The molecule has 0 aliphatic rings. The first-order valence-corrected chi connectivity index (χ1v) is 8.33. The number of carbonyl (C=O) groups excluding carboxylic acids is 1. The van der Waals surface area contributed by atoms with Gasteiger partial charge in [-0.05, 0) is 24.3 Å². The topological polar surface area (TPSA) is 86.6 Å². The van der Waals surface area contributed by atoms with Gasteiger partial charge in [0, 0.05) is 0 Å². The number of carbonyl (C=O) groups is 1. The van der Waals surface area contributed by atoms with Crippen LogP contribution >= 0.6 is 7.60 Å². The molecule has 0 radical (unpaired) electrons. The Balaban J connectivity index is 2.71. The van der Waals surface area contributed by atoms with Gasteiger partial charge in [0.2, 0.25) is 0 Å². The van der Waals surface area contributed by atoms with Gasteiger partial charge in [0.05, 0.1) is 6.04 Å². The summed E-state index contributed by atoms with van der Waals surface area (Å²) in [4.78, 5) is 29.8. The molecule has 0 spiro atoms. The second-order valence-electron chi connectivity index (χ2n) is 5.20. The molecule has 0 aliphatic carbocycles. The molecule has 20 heavy (non-hydrogen) atoms. The van der Waals surface area contributed by atoms with Crippen molar-refractivity contribution in [2.75, 3.05) is 0 Å². The van der Waals surface area contributed by atoms with Crippen LogP contribution in [0.5, 0.6) is 0 Å². The Labute approximate surface area is 119 Å². The van der Waals surface area contributed by atoms with Gasteiger partial charge < -0.3 is 14.6 Å². The molecule has 1 aromatic carbocycles. The third-order valence-electron chi connectivity index (χ3n) is 3.20. The fraction of sp³-hybridized carbons (Fsp3) is 0.500. The van der Waals surface area contributed by atoms with Gasteiger partial charge in [-0.15, -0.1) is 0 Å². The first-order valence-electron chi connectivity index (χ1n) is 6.65. The second kappa shape index (κ2) is 7.70. The minimum absolute atomic E-state index is 0.0155. The molecule has 0 heterocycles. The van der Waals surface area contributed by atoms with E-state index in [0.717, 1.165) is 5.56 Å². The smallest absolute Gasteiger partial charge is 0.323 e. The summed E-state index contributed by atoms with van der Waals surface area (Å²) in [6, 6.07) is 8.94. The van der Waals surface area contributed by atoms with Crippen molar-refractivity contribution in [1.29, 1.82) is 0 Å². The molecule has 0 amide bonds. The maximum absolute atomic E-state index is 11.5. The minimum atomic E-state index is -4.29. The third kappa shape index (κ3) is 5.55. The zero-order valence-electron chi connectivity index (χ0n) is 11.8. The quantitative estimate of drug-likeness (QED) is 0.504. The summed E-state index contributed by atoms with van der Waals surface area (Å²) in [5, 5.41) is 2.78. The average molecular weight is 299 g/mol. The predicted molar refractivity (Wildman–Crippen MR) is 78.4 cm³/mol. The summed E-state index contributed by atoms with van der Waals surface area (Å²) in [5.41, 5.74) is 1.01. The fourth-order valence-corrected chi connectivity index (χ4v) is 2.74. The van der Waals surface area contributed by atoms with Gasteiger partial charge in [-0.1, -0.05) is 44.2 Å². The van der Waals surface area contributed by atoms with Gasteiger partial charge in [0.15, 0.2) is 0 Å². The molecule has 5 nitrogen and oxygen atoms in total. The first kappa shape index (κ1) is 17.1. The molecule has 1 rings (SSSR count). The maximum atomic E-state index is 11.5. The van der Waals surface area contributed by atoms with Gasteiger partial charge in [-0.2, -0.15) is 0 Å². The molecule has 3 N–H and O–H groups in total. The molecule has 1 aromatic rings. The average Bonchev–Trinajstić information content (AvgIpc) is 2.38. The van der Waals surface area contributed by atoms with Crippen LogP contribution < -0.4 is 5.32 Å². The molecular weight excluding hydrogens is 277 g/mol. The van der Waals surface area contributed by atoms with E-state index in [1.807, 2.05) is 44.2 Å². The number of benzene rings is 1. The van der Waals surface area contributed by atoms with E-state index in [1.54, 1.807) is 0 Å². The molecule has 0 saturated carbocycles. The lowest BCUT2D eigenvalue weighted by Gasteiger charge is -2.25. The Kier molecular flexibility index (Phi) is 6.56. The fourth-order valence-electron chi connectivity index (χ4n) is 1.91. The van der Waals surface area contributed by atoms with Crippen molar-refractivity contribution in [2.24, 2.45) is 5.92 Å². The van der Waals surface area contributed by atoms with Crippen LogP contribution in [0.25, 0.3) is 0 Å². The zero-order valence-corrected chi connectivity index (χ0v) is 12.7. The van der Waals surface area contributed by atoms with E-state index >= 15 is 0 Å². The summed E-state index contributed by atoms with van der Waals surface area (Å²) < 4.78 is 11.5. The molecule has 112 valence electrons. The molecular formula is C14H22NO4P. The molecule has 6 heteroatoms. The number of hydrogen-bond donors (Lipinski definition) is 3. The monoisotopic (exact) mass is 299 g/mol. The van der Waals surface area contributed by atoms with E-state index in [2.05, 4.69) is 5.32 Å². The van der Waals surface area contributed by atoms with E-state index in [9.17, 15) is 19.1 Å². The summed E-state index contributed by atoms with van der Waals surface area (Å²) >= 11 is 0. The lowest BCUT2D eigenvalue weighted by molar-refractivity contribution is -0.110. The highest BCUT2D eigenvalue weighted by Gasteiger charge is 2.31. The summed E-state index contributed by atoms with van der Waals surface area (Å²) in [5.74, 6) is -1.02. The Morgan fingerprint density at radius 2 is 1.85 bits per heavy atom. The van der Waals surface area contributed by atoms with Gasteiger partial charge in [0.25, 0.3) is 0 Å².